The third-order valence-electron chi connectivity index (χ3n) is 4.42. The summed E-state index contributed by atoms with van der Waals surface area (Å²) >= 11 is 0. The molecule has 3 aromatic rings. The molecule has 1 aromatic heterocycles. The second-order valence-corrected chi connectivity index (χ2v) is 7.87. The van der Waals surface area contributed by atoms with Crippen molar-refractivity contribution >= 4 is 26.4 Å². The SMILES string of the molecule is O=S(=O)(c1ccc(N2CCNCC2)cc1)c1cc2ccccc2[nH]1. The molecule has 2 heterocycles. The van der Waals surface area contributed by atoms with Crippen LogP contribution >= 0.6 is 0 Å². The van der Waals surface area contributed by atoms with Crippen LogP contribution < -0.4 is 10.2 Å². The second-order valence-electron chi connectivity index (χ2n) is 5.96. The molecule has 0 bridgehead atoms. The van der Waals surface area contributed by atoms with Crippen LogP contribution in [0.4, 0.5) is 5.69 Å². The van der Waals surface area contributed by atoms with Gasteiger partial charge in [0.2, 0.25) is 9.84 Å². The van der Waals surface area contributed by atoms with Crippen molar-refractivity contribution in [3.63, 3.8) is 0 Å². The predicted octanol–water partition coefficient (Wildman–Crippen LogP) is 2.41. The van der Waals surface area contributed by atoms with E-state index in [9.17, 15) is 8.42 Å². The molecule has 1 aliphatic rings. The van der Waals surface area contributed by atoms with Crippen molar-refractivity contribution in [2.24, 2.45) is 0 Å². The largest absolute Gasteiger partial charge is 0.369 e. The lowest BCUT2D eigenvalue weighted by Gasteiger charge is -2.29. The van der Waals surface area contributed by atoms with Crippen molar-refractivity contribution in [1.29, 1.82) is 0 Å². The maximum Gasteiger partial charge on any atom is 0.221 e. The van der Waals surface area contributed by atoms with Gasteiger partial charge < -0.3 is 15.2 Å². The van der Waals surface area contributed by atoms with Gasteiger partial charge in [-0.3, -0.25) is 0 Å². The molecule has 0 amide bonds. The lowest BCUT2D eigenvalue weighted by molar-refractivity contribution is 0.588. The van der Waals surface area contributed by atoms with Gasteiger partial charge in [-0.25, -0.2) is 8.42 Å². The lowest BCUT2D eigenvalue weighted by Crippen LogP contribution is -2.43. The fourth-order valence-corrected chi connectivity index (χ4v) is 4.35. The third-order valence-corrected chi connectivity index (χ3v) is 6.12. The summed E-state index contributed by atoms with van der Waals surface area (Å²) in [5.74, 6) is 0. The molecular weight excluding hydrogens is 322 g/mol. The van der Waals surface area contributed by atoms with E-state index in [1.54, 1.807) is 18.2 Å². The maximum absolute atomic E-state index is 12.8. The first-order chi connectivity index (χ1) is 11.6. The fourth-order valence-electron chi connectivity index (χ4n) is 3.08. The van der Waals surface area contributed by atoms with Crippen LogP contribution in [0.25, 0.3) is 10.9 Å². The van der Waals surface area contributed by atoms with E-state index in [4.69, 9.17) is 0 Å². The Labute approximate surface area is 141 Å². The molecule has 24 heavy (non-hydrogen) atoms. The monoisotopic (exact) mass is 341 g/mol. The molecule has 1 fully saturated rings. The highest BCUT2D eigenvalue weighted by molar-refractivity contribution is 7.91. The van der Waals surface area contributed by atoms with Crippen LogP contribution in [0.1, 0.15) is 0 Å². The summed E-state index contributed by atoms with van der Waals surface area (Å²) in [4.78, 5) is 5.58. The highest BCUT2D eigenvalue weighted by Crippen LogP contribution is 2.26. The molecular formula is C18H19N3O2S. The summed E-state index contributed by atoms with van der Waals surface area (Å²) in [5.41, 5.74) is 1.89. The molecule has 0 radical (unpaired) electrons. The van der Waals surface area contributed by atoms with E-state index in [-0.39, 0.29) is 5.03 Å². The lowest BCUT2D eigenvalue weighted by atomic mass is 10.2. The standard InChI is InChI=1S/C18H19N3O2S/c22-24(23,18-13-14-3-1-2-4-17(14)20-18)16-7-5-15(6-8-16)21-11-9-19-10-12-21/h1-8,13,19-20H,9-12H2. The molecule has 0 atom stereocenters. The van der Waals surface area contributed by atoms with Gasteiger partial charge in [-0.05, 0) is 36.4 Å². The summed E-state index contributed by atoms with van der Waals surface area (Å²) in [6.07, 6.45) is 0. The summed E-state index contributed by atoms with van der Waals surface area (Å²) in [5, 5.41) is 4.44. The topological polar surface area (TPSA) is 65.2 Å². The number of aromatic amines is 1. The zero-order valence-corrected chi connectivity index (χ0v) is 14.0. The van der Waals surface area contributed by atoms with Gasteiger partial charge in [0.25, 0.3) is 0 Å². The molecule has 6 heteroatoms. The minimum Gasteiger partial charge on any atom is -0.369 e. The van der Waals surface area contributed by atoms with E-state index in [0.717, 1.165) is 42.8 Å². The zero-order valence-electron chi connectivity index (χ0n) is 13.2. The van der Waals surface area contributed by atoms with Crippen molar-refractivity contribution in [1.82, 2.24) is 10.3 Å². The first-order valence-corrected chi connectivity index (χ1v) is 9.51. The second kappa shape index (κ2) is 5.96. The molecule has 124 valence electrons. The van der Waals surface area contributed by atoms with Crippen molar-refractivity contribution in [3.8, 4) is 0 Å². The number of rotatable bonds is 3. The zero-order chi connectivity index (χ0) is 16.6. The number of hydrogen-bond acceptors (Lipinski definition) is 4. The van der Waals surface area contributed by atoms with Gasteiger partial charge in [-0.1, -0.05) is 18.2 Å². The number of nitrogens with one attached hydrogen (secondary N) is 2. The number of fused-ring (bicyclic) bond motifs is 1. The van der Waals surface area contributed by atoms with E-state index < -0.39 is 9.84 Å². The van der Waals surface area contributed by atoms with Crippen LogP contribution in [0.15, 0.2) is 64.5 Å². The molecule has 0 unspecified atom stereocenters. The Morgan fingerprint density at radius 3 is 2.33 bits per heavy atom. The van der Waals surface area contributed by atoms with E-state index in [1.807, 2.05) is 36.4 Å². The van der Waals surface area contributed by atoms with Crippen molar-refractivity contribution in [3.05, 3.63) is 54.6 Å². The average molecular weight is 341 g/mol. The molecule has 1 saturated heterocycles. The number of nitrogens with zero attached hydrogens (tertiary/aromatic N) is 1. The predicted molar refractivity (Wildman–Crippen MR) is 95.3 cm³/mol. The van der Waals surface area contributed by atoms with Gasteiger partial charge in [0, 0.05) is 42.8 Å². The maximum atomic E-state index is 12.8. The highest BCUT2D eigenvalue weighted by atomic mass is 32.2. The molecule has 5 nitrogen and oxygen atoms in total. The van der Waals surface area contributed by atoms with Crippen LogP contribution in [0.2, 0.25) is 0 Å². The van der Waals surface area contributed by atoms with Crippen molar-refractivity contribution in [2.45, 2.75) is 9.92 Å². The van der Waals surface area contributed by atoms with Crippen LogP contribution in [0.3, 0.4) is 0 Å². The van der Waals surface area contributed by atoms with Gasteiger partial charge in [0.15, 0.2) is 0 Å². The molecule has 4 rings (SSSR count). The van der Waals surface area contributed by atoms with E-state index in [0.29, 0.717) is 4.90 Å². The first kappa shape index (κ1) is 15.2. The number of hydrogen-bond donors (Lipinski definition) is 2. The quantitative estimate of drug-likeness (QED) is 0.768. The molecule has 2 aromatic carbocycles. The van der Waals surface area contributed by atoms with Crippen LogP contribution in [-0.4, -0.2) is 39.6 Å². The third kappa shape index (κ3) is 2.68. The molecule has 0 saturated carbocycles. The number of piperazine rings is 1. The van der Waals surface area contributed by atoms with Gasteiger partial charge in [-0.15, -0.1) is 0 Å². The van der Waals surface area contributed by atoms with Gasteiger partial charge in [0.05, 0.1) is 4.90 Å². The Morgan fingerprint density at radius 2 is 1.62 bits per heavy atom. The molecule has 0 spiro atoms. The summed E-state index contributed by atoms with van der Waals surface area (Å²) < 4.78 is 25.7. The number of aromatic nitrogens is 1. The minimum atomic E-state index is -3.53. The smallest absolute Gasteiger partial charge is 0.221 e. The summed E-state index contributed by atoms with van der Waals surface area (Å²) in [6.45, 7) is 3.78. The number of para-hydroxylation sites is 1. The number of sulfone groups is 1. The highest BCUT2D eigenvalue weighted by Gasteiger charge is 2.20. The summed E-state index contributed by atoms with van der Waals surface area (Å²) in [6, 6.07) is 16.4. The summed E-state index contributed by atoms with van der Waals surface area (Å²) in [7, 11) is -3.53. The van der Waals surface area contributed by atoms with Crippen LogP contribution in [0.5, 0.6) is 0 Å². The number of H-pyrrole nitrogens is 1. The minimum absolute atomic E-state index is 0.235. The Bertz CT molecular complexity index is 922. The molecule has 0 aliphatic carbocycles. The Hall–Kier alpha value is -2.31. The fraction of sp³-hybridized carbons (Fsp3) is 0.222. The Balaban J connectivity index is 1.66. The van der Waals surface area contributed by atoms with Gasteiger partial charge in [0.1, 0.15) is 5.03 Å². The first-order valence-electron chi connectivity index (χ1n) is 8.03. The number of benzene rings is 2. The normalized spacial score (nSPS) is 15.8. The van der Waals surface area contributed by atoms with Crippen LogP contribution in [0, 0.1) is 0 Å². The van der Waals surface area contributed by atoms with Gasteiger partial charge >= 0.3 is 0 Å². The van der Waals surface area contributed by atoms with Crippen LogP contribution in [-0.2, 0) is 9.84 Å². The van der Waals surface area contributed by atoms with Gasteiger partial charge in [-0.2, -0.15) is 0 Å². The molecule has 2 N–H and O–H groups in total. The number of anilines is 1. The van der Waals surface area contributed by atoms with E-state index in [2.05, 4.69) is 15.2 Å². The Kier molecular flexibility index (Phi) is 3.78. The van der Waals surface area contributed by atoms with Crippen molar-refractivity contribution in [2.75, 3.05) is 31.1 Å². The molecule has 1 aliphatic heterocycles. The van der Waals surface area contributed by atoms with Crippen molar-refractivity contribution < 1.29 is 8.42 Å². The Morgan fingerprint density at radius 1 is 0.917 bits per heavy atom. The van der Waals surface area contributed by atoms with E-state index >= 15 is 0 Å². The average Bonchev–Trinajstić information content (AvgIpc) is 3.08. The van der Waals surface area contributed by atoms with E-state index in [1.165, 1.54) is 0 Å².